The topological polar surface area (TPSA) is 268 Å². The van der Waals surface area contributed by atoms with Crippen molar-refractivity contribution in [1.82, 2.24) is 19.4 Å². The minimum Gasteiger partial charge on any atom is -0.496 e. The number of piperidine rings is 2. The molecule has 2 aromatic heterocycles. The second-order valence-corrected chi connectivity index (χ2v) is 21.4. The molecular formula is C50H58N8O11S2. The van der Waals surface area contributed by atoms with Crippen molar-refractivity contribution in [2.75, 3.05) is 56.3 Å². The van der Waals surface area contributed by atoms with Crippen LogP contribution in [-0.2, 0) is 50.9 Å². The van der Waals surface area contributed by atoms with E-state index in [0.29, 0.717) is 73.4 Å². The molecule has 376 valence electrons. The van der Waals surface area contributed by atoms with Crippen molar-refractivity contribution in [3.8, 4) is 17.9 Å². The summed E-state index contributed by atoms with van der Waals surface area (Å²) in [5.74, 6) is -0.638. The zero-order chi connectivity index (χ0) is 51.7. The highest BCUT2D eigenvalue weighted by Crippen LogP contribution is 2.48. The second kappa shape index (κ2) is 22.8. The summed E-state index contributed by atoms with van der Waals surface area (Å²) in [4.78, 5) is 62.3. The predicted molar refractivity (Wildman–Crippen MR) is 263 cm³/mol. The molecule has 21 heteroatoms. The number of hydrogen-bond acceptors (Lipinski definition) is 17. The number of aromatic nitrogens is 2. The Balaban J connectivity index is 0.000000232. The third kappa shape index (κ3) is 12.4. The minimum absolute atomic E-state index is 0.0650. The van der Waals surface area contributed by atoms with Crippen LogP contribution in [0.3, 0.4) is 0 Å². The summed E-state index contributed by atoms with van der Waals surface area (Å²) in [5, 5.41) is 17.8. The summed E-state index contributed by atoms with van der Waals surface area (Å²) in [6.07, 6.45) is 2.27. The second-order valence-electron chi connectivity index (χ2n) is 17.5. The number of pyridine rings is 2. The average molecular weight is 1010 g/mol. The van der Waals surface area contributed by atoms with Crippen molar-refractivity contribution in [2.24, 2.45) is 0 Å². The summed E-state index contributed by atoms with van der Waals surface area (Å²) in [6, 6.07) is 21.6. The number of benzene rings is 2. The molecule has 19 nitrogen and oxygen atoms in total. The summed E-state index contributed by atoms with van der Waals surface area (Å²) < 4.78 is 71.6. The van der Waals surface area contributed by atoms with Gasteiger partial charge >= 0.3 is 11.9 Å². The molecule has 0 unspecified atom stereocenters. The molecule has 0 bridgehead atoms. The zero-order valence-electron chi connectivity index (χ0n) is 40.6. The van der Waals surface area contributed by atoms with Crippen LogP contribution >= 0.6 is 0 Å². The number of ether oxygens (including phenoxy) is 3. The standard InChI is InChI=1S/C25H30N4O6S.C25H28N4O5S/c1-5-35-25(31)21-14-19(15-26)24(27-17(21)3)29-10-8-20(9-11-29)36(32,33)28-23(30)13-18-6-7-22(34-4)16(2)12-18;1-3-34-23(30)21-15-18(16-26)22(27-17(21)2)29-13-9-20(10-14-29)35(32,33)28-24(31)25(11-12-25)19-7-5-4-6-8-19/h6-7,12,14,20H,5,8-11,13H2,1-4H3,(H,28,30);4-8,15,20H,3,9-14H2,1-2H3,(H,28,31). The van der Waals surface area contributed by atoms with Crippen LogP contribution in [0.4, 0.5) is 11.6 Å². The molecule has 3 aliphatic rings. The van der Waals surface area contributed by atoms with Crippen LogP contribution in [0.25, 0.3) is 0 Å². The Morgan fingerprint density at radius 3 is 1.58 bits per heavy atom. The van der Waals surface area contributed by atoms with Gasteiger partial charge < -0.3 is 24.0 Å². The summed E-state index contributed by atoms with van der Waals surface area (Å²) in [6.45, 7) is 10.4. The number of anilines is 2. The fraction of sp³-hybridized carbons (Fsp3) is 0.440. The molecule has 1 saturated carbocycles. The molecule has 0 radical (unpaired) electrons. The predicted octanol–water partition coefficient (Wildman–Crippen LogP) is 5.00. The number of amides is 2. The van der Waals surface area contributed by atoms with Crippen LogP contribution < -0.4 is 24.0 Å². The number of hydrogen-bond donors (Lipinski definition) is 2. The van der Waals surface area contributed by atoms with Gasteiger partial charge in [0.25, 0.3) is 0 Å². The van der Waals surface area contributed by atoms with Gasteiger partial charge in [0, 0.05) is 26.2 Å². The van der Waals surface area contributed by atoms with Gasteiger partial charge in [-0.1, -0.05) is 42.5 Å². The minimum atomic E-state index is -3.88. The number of carbonyl (C=O) groups is 4. The molecule has 4 heterocycles. The van der Waals surface area contributed by atoms with Gasteiger partial charge in [-0.2, -0.15) is 10.5 Å². The molecule has 3 fully saturated rings. The number of esters is 2. The number of carbonyl (C=O) groups excluding carboxylic acids is 4. The average Bonchev–Trinajstić information content (AvgIpc) is 4.17. The molecule has 2 aliphatic heterocycles. The van der Waals surface area contributed by atoms with Gasteiger partial charge in [-0.05, 0) is 108 Å². The van der Waals surface area contributed by atoms with E-state index in [2.05, 4.69) is 31.6 Å². The van der Waals surface area contributed by atoms with Crippen molar-refractivity contribution in [3.05, 3.63) is 111 Å². The van der Waals surface area contributed by atoms with E-state index in [1.165, 1.54) is 12.1 Å². The summed E-state index contributed by atoms with van der Waals surface area (Å²) >= 11 is 0. The summed E-state index contributed by atoms with van der Waals surface area (Å²) in [5.41, 5.74) is 3.39. The first-order chi connectivity index (χ1) is 33.8. The van der Waals surface area contributed by atoms with Gasteiger partial charge in [0.1, 0.15) is 29.5 Å². The maximum Gasteiger partial charge on any atom is 0.340 e. The lowest BCUT2D eigenvalue weighted by atomic mass is 9.96. The first-order valence-corrected chi connectivity index (χ1v) is 26.4. The van der Waals surface area contributed by atoms with Crippen LogP contribution in [0.1, 0.15) is 112 Å². The lowest BCUT2D eigenvalue weighted by Crippen LogP contribution is -2.48. The fourth-order valence-corrected chi connectivity index (χ4v) is 11.6. The molecule has 2 amide bonds. The Hall–Kier alpha value is -7.10. The zero-order valence-corrected chi connectivity index (χ0v) is 42.2. The van der Waals surface area contributed by atoms with E-state index >= 15 is 0 Å². The molecule has 4 aromatic rings. The van der Waals surface area contributed by atoms with Crippen molar-refractivity contribution in [1.29, 1.82) is 10.5 Å². The maximum atomic E-state index is 13.0. The number of aryl methyl sites for hydroxylation is 3. The van der Waals surface area contributed by atoms with Gasteiger partial charge in [0.15, 0.2) is 0 Å². The van der Waals surface area contributed by atoms with E-state index in [1.54, 1.807) is 53.0 Å². The van der Waals surface area contributed by atoms with Crippen LogP contribution in [-0.4, -0.2) is 108 Å². The molecule has 71 heavy (non-hydrogen) atoms. The number of nitrogens with zero attached hydrogens (tertiary/aromatic N) is 6. The van der Waals surface area contributed by atoms with Crippen molar-refractivity contribution in [3.63, 3.8) is 0 Å². The van der Waals surface area contributed by atoms with Gasteiger partial charge in [-0.3, -0.25) is 19.0 Å². The number of nitrogens with one attached hydrogen (secondary N) is 2. The molecular weight excluding hydrogens is 953 g/mol. The highest BCUT2D eigenvalue weighted by molar-refractivity contribution is 7.91. The van der Waals surface area contributed by atoms with Gasteiger partial charge in [-0.25, -0.2) is 36.4 Å². The Bertz CT molecular complexity index is 2970. The SMILES string of the molecule is CCOC(=O)c1cc(C#N)c(N2CCC(S(=O)(=O)NC(=O)C3(c4ccccc4)CC3)CC2)nc1C.CCOC(=O)c1cc(C#N)c(N2CCC(S(=O)(=O)NC(=O)Cc3ccc(OC)c(C)c3)CC2)nc1C. The molecule has 7 rings (SSSR count). The largest absolute Gasteiger partial charge is 0.496 e. The highest BCUT2D eigenvalue weighted by atomic mass is 32.2. The first-order valence-electron chi connectivity index (χ1n) is 23.3. The van der Waals surface area contributed by atoms with Crippen LogP contribution in [0.5, 0.6) is 5.75 Å². The van der Waals surface area contributed by atoms with Crippen molar-refractivity contribution in [2.45, 2.75) is 95.5 Å². The van der Waals surface area contributed by atoms with E-state index < -0.39 is 59.7 Å². The molecule has 1 aliphatic carbocycles. The molecule has 2 saturated heterocycles. The Labute approximate surface area is 414 Å². The van der Waals surface area contributed by atoms with Gasteiger partial charge in [-0.15, -0.1) is 0 Å². The Morgan fingerprint density at radius 1 is 0.704 bits per heavy atom. The van der Waals surface area contributed by atoms with Crippen LogP contribution in [0.2, 0.25) is 0 Å². The molecule has 2 N–H and O–H groups in total. The number of sulfonamides is 2. The number of methoxy groups -OCH3 is 1. The van der Waals surface area contributed by atoms with E-state index in [4.69, 9.17) is 14.2 Å². The normalized spacial score (nSPS) is 15.7. The highest BCUT2D eigenvalue weighted by Gasteiger charge is 2.52. The third-order valence-electron chi connectivity index (χ3n) is 12.8. The van der Waals surface area contributed by atoms with Crippen molar-refractivity contribution >= 4 is 55.4 Å². The maximum absolute atomic E-state index is 13.0. The Morgan fingerprint density at radius 2 is 1.17 bits per heavy atom. The fourth-order valence-electron chi connectivity index (χ4n) is 8.77. The Kier molecular flexibility index (Phi) is 17.1. The molecule has 0 atom stereocenters. The lowest BCUT2D eigenvalue weighted by Gasteiger charge is -2.33. The van der Waals surface area contributed by atoms with E-state index in [-0.39, 0.29) is 67.6 Å². The first kappa shape index (κ1) is 53.3. The molecule has 0 spiro atoms. The molecule has 2 aromatic carbocycles. The van der Waals surface area contributed by atoms with E-state index in [1.807, 2.05) is 47.1 Å². The quantitative estimate of drug-likeness (QED) is 0.148. The monoisotopic (exact) mass is 1010 g/mol. The smallest absolute Gasteiger partial charge is 0.340 e. The lowest BCUT2D eigenvalue weighted by molar-refractivity contribution is -0.122. The van der Waals surface area contributed by atoms with Crippen LogP contribution in [0.15, 0.2) is 60.7 Å². The van der Waals surface area contributed by atoms with E-state index in [0.717, 1.165) is 11.1 Å². The van der Waals surface area contributed by atoms with E-state index in [9.17, 15) is 46.5 Å². The summed E-state index contributed by atoms with van der Waals surface area (Å²) in [7, 11) is -6.18. The van der Waals surface area contributed by atoms with Gasteiger partial charge in [0.05, 0.1) is 76.3 Å². The van der Waals surface area contributed by atoms with Crippen molar-refractivity contribution < 1.29 is 50.2 Å². The third-order valence-corrected chi connectivity index (χ3v) is 16.5. The number of rotatable bonds is 15. The van der Waals surface area contributed by atoms with Crippen LogP contribution in [0, 0.1) is 43.4 Å². The number of nitriles is 2. The van der Waals surface area contributed by atoms with Gasteiger partial charge in [0.2, 0.25) is 31.9 Å².